The van der Waals surface area contributed by atoms with Gasteiger partial charge in [-0.3, -0.25) is 4.79 Å². The number of nitriles is 1. The molecule has 2 aromatic carbocycles. The molecule has 1 unspecified atom stereocenters. The molecule has 1 aliphatic heterocycles. The summed E-state index contributed by atoms with van der Waals surface area (Å²) in [6.07, 6.45) is 0.279. The zero-order valence-corrected chi connectivity index (χ0v) is 15.4. The first kappa shape index (κ1) is 18.1. The molecule has 0 aliphatic carbocycles. The SMILES string of the molecule is N#Cc1ccc(-c2nc(C3CC(=O)N(Cc4ccc(F)c(Cl)c4)C3)no2)cc1. The molecule has 28 heavy (non-hydrogen) atoms. The summed E-state index contributed by atoms with van der Waals surface area (Å²) in [6, 6.07) is 13.3. The van der Waals surface area contributed by atoms with Gasteiger partial charge in [-0.05, 0) is 42.0 Å². The minimum absolute atomic E-state index is 0.0322. The lowest BCUT2D eigenvalue weighted by Crippen LogP contribution is -2.24. The van der Waals surface area contributed by atoms with Crippen LogP contribution in [0.3, 0.4) is 0 Å². The molecule has 0 radical (unpaired) electrons. The summed E-state index contributed by atoms with van der Waals surface area (Å²) < 4.78 is 18.6. The molecule has 0 saturated carbocycles. The van der Waals surface area contributed by atoms with E-state index in [0.717, 1.165) is 5.56 Å². The van der Waals surface area contributed by atoms with Gasteiger partial charge in [-0.15, -0.1) is 0 Å². The van der Waals surface area contributed by atoms with Crippen molar-refractivity contribution in [3.8, 4) is 17.5 Å². The maximum Gasteiger partial charge on any atom is 0.257 e. The summed E-state index contributed by atoms with van der Waals surface area (Å²) >= 11 is 5.81. The van der Waals surface area contributed by atoms with Crippen LogP contribution >= 0.6 is 11.6 Å². The van der Waals surface area contributed by atoms with Crippen molar-refractivity contribution in [3.63, 3.8) is 0 Å². The highest BCUT2D eigenvalue weighted by atomic mass is 35.5. The van der Waals surface area contributed by atoms with Crippen LogP contribution in [0.2, 0.25) is 5.02 Å². The van der Waals surface area contributed by atoms with Gasteiger partial charge < -0.3 is 9.42 Å². The highest BCUT2D eigenvalue weighted by Crippen LogP contribution is 2.29. The van der Waals surface area contributed by atoms with Crippen LogP contribution in [0.1, 0.15) is 29.3 Å². The predicted octanol–water partition coefficient (Wildman–Crippen LogP) is 3.92. The van der Waals surface area contributed by atoms with Gasteiger partial charge in [0.1, 0.15) is 5.82 Å². The number of benzene rings is 2. The zero-order valence-electron chi connectivity index (χ0n) is 14.6. The number of halogens is 2. The maximum atomic E-state index is 13.3. The molecule has 0 bridgehead atoms. The predicted molar refractivity (Wildman–Crippen MR) is 98.6 cm³/mol. The Hall–Kier alpha value is -3.24. The Morgan fingerprint density at radius 3 is 2.79 bits per heavy atom. The second-order valence-electron chi connectivity index (χ2n) is 6.57. The summed E-state index contributed by atoms with van der Waals surface area (Å²) in [5.41, 5.74) is 2.01. The molecular formula is C20H14ClFN4O2. The second-order valence-corrected chi connectivity index (χ2v) is 6.98. The van der Waals surface area contributed by atoms with Crippen LogP contribution in [0, 0.1) is 17.1 Å². The largest absolute Gasteiger partial charge is 0.338 e. The van der Waals surface area contributed by atoms with Crippen molar-refractivity contribution in [1.82, 2.24) is 15.0 Å². The fourth-order valence-corrected chi connectivity index (χ4v) is 3.36. The summed E-state index contributed by atoms with van der Waals surface area (Å²) in [4.78, 5) is 18.4. The lowest BCUT2D eigenvalue weighted by molar-refractivity contribution is -0.128. The lowest BCUT2D eigenvalue weighted by Gasteiger charge is -2.16. The lowest BCUT2D eigenvalue weighted by atomic mass is 10.1. The summed E-state index contributed by atoms with van der Waals surface area (Å²) in [6.45, 7) is 0.788. The van der Waals surface area contributed by atoms with Crippen molar-refractivity contribution in [2.24, 2.45) is 0 Å². The van der Waals surface area contributed by atoms with E-state index in [0.29, 0.717) is 35.9 Å². The quantitative estimate of drug-likeness (QED) is 0.667. The Morgan fingerprint density at radius 2 is 2.07 bits per heavy atom. The molecule has 1 amide bonds. The number of aromatic nitrogens is 2. The average molecular weight is 397 g/mol. The minimum Gasteiger partial charge on any atom is -0.338 e. The molecule has 1 atom stereocenters. The summed E-state index contributed by atoms with van der Waals surface area (Å²) in [5, 5.41) is 12.9. The monoisotopic (exact) mass is 396 g/mol. The van der Waals surface area contributed by atoms with Crippen molar-refractivity contribution >= 4 is 17.5 Å². The Kier molecular flexibility index (Phi) is 4.80. The molecule has 1 aromatic heterocycles. The number of carbonyl (C=O) groups is 1. The Bertz CT molecular complexity index is 1070. The Labute approximate surface area is 165 Å². The number of hydrogen-bond acceptors (Lipinski definition) is 5. The van der Waals surface area contributed by atoms with Gasteiger partial charge in [0, 0.05) is 31.0 Å². The number of likely N-dealkylation sites (tertiary alicyclic amines) is 1. The molecule has 8 heteroatoms. The van der Waals surface area contributed by atoms with E-state index in [9.17, 15) is 9.18 Å². The number of hydrogen-bond donors (Lipinski definition) is 0. The molecule has 4 rings (SSSR count). The van der Waals surface area contributed by atoms with E-state index >= 15 is 0 Å². The molecule has 1 aliphatic rings. The number of nitrogens with zero attached hydrogens (tertiary/aromatic N) is 4. The maximum absolute atomic E-state index is 13.3. The molecular weight excluding hydrogens is 383 g/mol. The number of rotatable bonds is 4. The van der Waals surface area contributed by atoms with Gasteiger partial charge in [0.15, 0.2) is 5.82 Å². The topological polar surface area (TPSA) is 83.0 Å². The van der Waals surface area contributed by atoms with Gasteiger partial charge >= 0.3 is 0 Å². The molecule has 0 spiro atoms. The minimum atomic E-state index is -0.488. The molecule has 0 N–H and O–H groups in total. The van der Waals surface area contributed by atoms with Gasteiger partial charge in [0.05, 0.1) is 16.7 Å². The van der Waals surface area contributed by atoms with Crippen LogP contribution in [0.15, 0.2) is 47.0 Å². The van der Waals surface area contributed by atoms with Crippen molar-refractivity contribution in [3.05, 3.63) is 70.3 Å². The van der Waals surface area contributed by atoms with E-state index in [2.05, 4.69) is 16.2 Å². The van der Waals surface area contributed by atoms with Crippen LogP contribution in [0.4, 0.5) is 4.39 Å². The Morgan fingerprint density at radius 1 is 1.29 bits per heavy atom. The fourth-order valence-electron chi connectivity index (χ4n) is 3.16. The smallest absolute Gasteiger partial charge is 0.257 e. The zero-order chi connectivity index (χ0) is 19.7. The number of amides is 1. The molecule has 1 saturated heterocycles. The van der Waals surface area contributed by atoms with Crippen molar-refractivity contribution in [2.75, 3.05) is 6.54 Å². The first-order valence-electron chi connectivity index (χ1n) is 8.59. The third-order valence-corrected chi connectivity index (χ3v) is 4.93. The second kappa shape index (κ2) is 7.41. The van der Waals surface area contributed by atoms with E-state index in [1.807, 2.05) is 0 Å². The third-order valence-electron chi connectivity index (χ3n) is 4.64. The van der Waals surface area contributed by atoms with Crippen molar-refractivity contribution < 1.29 is 13.7 Å². The van der Waals surface area contributed by atoms with Crippen LogP contribution in [0.5, 0.6) is 0 Å². The first-order valence-corrected chi connectivity index (χ1v) is 8.97. The molecule has 2 heterocycles. The first-order chi connectivity index (χ1) is 13.5. The van der Waals surface area contributed by atoms with E-state index in [1.54, 1.807) is 35.2 Å². The van der Waals surface area contributed by atoms with Crippen LogP contribution in [-0.4, -0.2) is 27.5 Å². The average Bonchev–Trinajstić information content (AvgIpc) is 3.32. The van der Waals surface area contributed by atoms with Crippen molar-refractivity contribution in [2.45, 2.75) is 18.9 Å². The fraction of sp³-hybridized carbons (Fsp3) is 0.200. The van der Waals surface area contributed by atoms with Crippen molar-refractivity contribution in [1.29, 1.82) is 5.26 Å². The van der Waals surface area contributed by atoms with Crippen LogP contribution in [-0.2, 0) is 11.3 Å². The van der Waals surface area contributed by atoms with E-state index in [1.165, 1.54) is 12.1 Å². The Balaban J connectivity index is 1.47. The van der Waals surface area contributed by atoms with E-state index in [4.69, 9.17) is 21.4 Å². The third kappa shape index (κ3) is 3.59. The molecule has 140 valence electrons. The number of carbonyl (C=O) groups excluding carboxylic acids is 1. The van der Waals surface area contributed by atoms with Gasteiger partial charge in [0.25, 0.3) is 5.89 Å². The summed E-state index contributed by atoms with van der Waals surface area (Å²) in [7, 11) is 0. The van der Waals surface area contributed by atoms with Crippen LogP contribution < -0.4 is 0 Å². The van der Waals surface area contributed by atoms with Gasteiger partial charge in [-0.2, -0.15) is 10.2 Å². The van der Waals surface area contributed by atoms with Gasteiger partial charge in [-0.1, -0.05) is 22.8 Å². The normalized spacial score (nSPS) is 16.4. The highest BCUT2D eigenvalue weighted by Gasteiger charge is 2.33. The van der Waals surface area contributed by atoms with E-state index in [-0.39, 0.29) is 23.3 Å². The standard InChI is InChI=1S/C20H14ClFN4O2/c21-16-7-13(3-6-17(16)22)10-26-11-15(8-18(26)27)19-24-20(28-25-19)14-4-1-12(9-23)2-5-14/h1-7,15H,8,10-11H2. The molecule has 1 fully saturated rings. The highest BCUT2D eigenvalue weighted by molar-refractivity contribution is 6.30. The molecule has 3 aromatic rings. The van der Waals surface area contributed by atoms with E-state index < -0.39 is 5.82 Å². The summed E-state index contributed by atoms with van der Waals surface area (Å²) in [5.74, 6) is 0.107. The van der Waals surface area contributed by atoms with Crippen LogP contribution in [0.25, 0.3) is 11.5 Å². The van der Waals surface area contributed by atoms with Gasteiger partial charge in [0.2, 0.25) is 5.91 Å². The van der Waals surface area contributed by atoms with Gasteiger partial charge in [-0.25, -0.2) is 4.39 Å². The molecule has 6 nitrogen and oxygen atoms in total.